The molecule has 0 aliphatic heterocycles. The lowest BCUT2D eigenvalue weighted by Gasteiger charge is -2.10. The molecule has 0 aliphatic rings. The third kappa shape index (κ3) is 3.42. The van der Waals surface area contributed by atoms with E-state index in [2.05, 4.69) is 35.3 Å². The summed E-state index contributed by atoms with van der Waals surface area (Å²) in [5.74, 6) is -1.43. The van der Waals surface area contributed by atoms with Crippen LogP contribution in [-0.2, 0) is 0 Å². The van der Waals surface area contributed by atoms with Crippen LogP contribution in [0.25, 0.3) is 44.3 Å². The van der Waals surface area contributed by atoms with Gasteiger partial charge in [0.1, 0.15) is 11.2 Å². The Kier molecular flexibility index (Phi) is 4.30. The van der Waals surface area contributed by atoms with Crippen LogP contribution in [0.15, 0.2) is 83.4 Å². The zero-order chi connectivity index (χ0) is 23.4. The van der Waals surface area contributed by atoms with Crippen molar-refractivity contribution in [3.8, 4) is 22.4 Å². The fourth-order valence-corrected chi connectivity index (χ4v) is 4.14. The molecule has 0 bridgehead atoms. The first-order valence-corrected chi connectivity index (χ1v) is 10.6. The fourth-order valence-electron chi connectivity index (χ4n) is 4.14. The summed E-state index contributed by atoms with van der Waals surface area (Å²) in [5, 5.41) is 2.07. The molecule has 0 aliphatic carbocycles. The van der Waals surface area contributed by atoms with E-state index in [4.69, 9.17) is 7.16 Å². The van der Waals surface area contributed by atoms with Crippen LogP contribution in [0.1, 0.15) is 53.4 Å². The first-order chi connectivity index (χ1) is 15.6. The minimum absolute atomic E-state index is 0.714. The van der Waals surface area contributed by atoms with E-state index >= 15 is 0 Å². The van der Waals surface area contributed by atoms with Crippen LogP contribution < -0.4 is 0 Å². The van der Waals surface area contributed by atoms with E-state index in [0.29, 0.717) is 0 Å². The van der Waals surface area contributed by atoms with Gasteiger partial charge in [-0.1, -0.05) is 76.2 Å². The molecule has 5 aromatic rings. The molecule has 31 heavy (non-hydrogen) atoms. The summed E-state index contributed by atoms with van der Waals surface area (Å²) in [6.07, 6.45) is 1.77. The average molecular weight is 408 g/mol. The Bertz CT molecular complexity index is 1470. The van der Waals surface area contributed by atoms with E-state index in [0.717, 1.165) is 55.4 Å². The highest BCUT2D eigenvalue weighted by molar-refractivity contribution is 6.16. The standard InChI is InChI=1S/C29H27NO/c1-18(2)21-10-11-25-27(17-21)31-29-24(26-16-22(19(3)4)14-15-30-26)13-12-23(28(25)29)20-8-6-5-7-9-20/h5-19H,1-4H3/i18D,19D. The molecular formula is C29H27NO. The molecule has 3 aromatic carbocycles. The van der Waals surface area contributed by atoms with Gasteiger partial charge < -0.3 is 4.42 Å². The summed E-state index contributed by atoms with van der Waals surface area (Å²) >= 11 is 0. The second-order valence-electron chi connectivity index (χ2n) is 8.47. The molecule has 5 rings (SSSR count). The first-order valence-electron chi connectivity index (χ1n) is 11.6. The predicted octanol–water partition coefficient (Wildman–Crippen LogP) is 8.56. The second-order valence-corrected chi connectivity index (χ2v) is 8.47. The lowest BCUT2D eigenvalue weighted by molar-refractivity contribution is 0.668. The molecule has 154 valence electrons. The highest BCUT2D eigenvalue weighted by atomic mass is 16.3. The Balaban J connectivity index is 1.84. The van der Waals surface area contributed by atoms with Crippen LogP contribution >= 0.6 is 0 Å². The Labute approximate surface area is 186 Å². The third-order valence-corrected chi connectivity index (χ3v) is 5.90. The topological polar surface area (TPSA) is 26.0 Å². The third-order valence-electron chi connectivity index (χ3n) is 5.90. The molecule has 0 N–H and O–H groups in total. The lowest BCUT2D eigenvalue weighted by Crippen LogP contribution is -1.91. The van der Waals surface area contributed by atoms with Crippen molar-refractivity contribution < 1.29 is 7.16 Å². The van der Waals surface area contributed by atoms with E-state index in [1.54, 1.807) is 6.20 Å². The van der Waals surface area contributed by atoms with E-state index < -0.39 is 11.8 Å². The smallest absolute Gasteiger partial charge is 0.145 e. The molecule has 0 fully saturated rings. The van der Waals surface area contributed by atoms with Gasteiger partial charge in [0.15, 0.2) is 0 Å². The number of fused-ring (bicyclic) bond motifs is 3. The lowest BCUT2D eigenvalue weighted by atomic mass is 9.94. The van der Waals surface area contributed by atoms with Crippen molar-refractivity contribution >= 4 is 21.9 Å². The average Bonchev–Trinajstić information content (AvgIpc) is 3.17. The van der Waals surface area contributed by atoms with Crippen molar-refractivity contribution in [2.24, 2.45) is 0 Å². The van der Waals surface area contributed by atoms with Crippen molar-refractivity contribution in [2.45, 2.75) is 39.5 Å². The molecular weight excluding hydrogens is 378 g/mol. The van der Waals surface area contributed by atoms with Gasteiger partial charge in [-0.3, -0.25) is 4.98 Å². The maximum Gasteiger partial charge on any atom is 0.145 e. The zero-order valence-electron chi connectivity index (χ0n) is 20.4. The van der Waals surface area contributed by atoms with E-state index in [1.807, 2.05) is 70.2 Å². The quantitative estimate of drug-likeness (QED) is 0.298. The second kappa shape index (κ2) is 7.70. The van der Waals surface area contributed by atoms with Crippen LogP contribution in [0, 0.1) is 0 Å². The molecule has 0 amide bonds. The highest BCUT2D eigenvalue weighted by Crippen LogP contribution is 2.42. The van der Waals surface area contributed by atoms with E-state index in [-0.39, 0.29) is 0 Å². The normalized spacial score (nSPS) is 13.4. The van der Waals surface area contributed by atoms with Gasteiger partial charge in [0, 0.05) is 25.3 Å². The molecule has 0 unspecified atom stereocenters. The fraction of sp³-hybridized carbons (Fsp3) is 0.207. The highest BCUT2D eigenvalue weighted by Gasteiger charge is 2.18. The van der Waals surface area contributed by atoms with Crippen molar-refractivity contribution in [2.75, 3.05) is 0 Å². The maximum atomic E-state index is 8.45. The number of rotatable bonds is 4. The van der Waals surface area contributed by atoms with Crippen molar-refractivity contribution in [1.29, 1.82) is 0 Å². The minimum atomic E-state index is -0.719. The van der Waals surface area contributed by atoms with Gasteiger partial charge in [-0.15, -0.1) is 0 Å². The molecule has 2 heterocycles. The Morgan fingerprint density at radius 3 is 2.23 bits per heavy atom. The number of benzene rings is 3. The van der Waals surface area contributed by atoms with Gasteiger partial charge in [-0.25, -0.2) is 0 Å². The van der Waals surface area contributed by atoms with Crippen LogP contribution in [0.3, 0.4) is 0 Å². The Morgan fingerprint density at radius 2 is 1.48 bits per heavy atom. The number of pyridine rings is 1. The molecule has 0 spiro atoms. The summed E-state index contributed by atoms with van der Waals surface area (Å²) in [5.41, 5.74) is 7.27. The van der Waals surface area contributed by atoms with Crippen molar-refractivity contribution in [1.82, 2.24) is 4.98 Å². The van der Waals surface area contributed by atoms with Gasteiger partial charge >= 0.3 is 0 Å². The summed E-state index contributed by atoms with van der Waals surface area (Å²) < 4.78 is 23.4. The van der Waals surface area contributed by atoms with Crippen molar-refractivity contribution in [3.05, 3.63) is 90.1 Å². The summed E-state index contributed by atoms with van der Waals surface area (Å²) in [6.45, 7) is 7.53. The molecule has 2 heteroatoms. The number of furan rings is 1. The summed E-state index contributed by atoms with van der Waals surface area (Å²) in [4.78, 5) is 4.63. The van der Waals surface area contributed by atoms with Crippen LogP contribution in [0.4, 0.5) is 0 Å². The van der Waals surface area contributed by atoms with Gasteiger partial charge in [0.25, 0.3) is 0 Å². The van der Waals surface area contributed by atoms with Crippen LogP contribution in [-0.4, -0.2) is 4.98 Å². The molecule has 0 radical (unpaired) electrons. The van der Waals surface area contributed by atoms with Crippen molar-refractivity contribution in [3.63, 3.8) is 0 Å². The van der Waals surface area contributed by atoms with Crippen LogP contribution in [0.5, 0.6) is 0 Å². The van der Waals surface area contributed by atoms with Gasteiger partial charge in [0.2, 0.25) is 0 Å². The first kappa shape index (κ1) is 17.3. The number of aromatic nitrogens is 1. The summed E-state index contributed by atoms with van der Waals surface area (Å²) in [6, 6.07) is 24.5. The van der Waals surface area contributed by atoms with E-state index in [1.165, 1.54) is 0 Å². The molecule has 0 atom stereocenters. The maximum absolute atomic E-state index is 8.45. The minimum Gasteiger partial charge on any atom is -0.455 e. The Hall–Kier alpha value is -3.39. The monoisotopic (exact) mass is 407 g/mol. The Morgan fingerprint density at radius 1 is 0.774 bits per heavy atom. The molecule has 0 saturated heterocycles. The van der Waals surface area contributed by atoms with Gasteiger partial charge in [-0.2, -0.15) is 0 Å². The largest absolute Gasteiger partial charge is 0.455 e. The molecule has 0 saturated carbocycles. The van der Waals surface area contributed by atoms with Crippen LogP contribution in [0.2, 0.25) is 0 Å². The van der Waals surface area contributed by atoms with Gasteiger partial charge in [-0.05, 0) is 58.3 Å². The predicted molar refractivity (Wildman–Crippen MR) is 131 cm³/mol. The molecule has 2 aromatic heterocycles. The summed E-state index contributed by atoms with van der Waals surface area (Å²) in [7, 11) is 0. The van der Waals surface area contributed by atoms with Gasteiger partial charge in [0.05, 0.1) is 5.69 Å². The number of hydrogen-bond acceptors (Lipinski definition) is 2. The zero-order valence-corrected chi connectivity index (χ0v) is 18.4. The number of hydrogen-bond donors (Lipinski definition) is 0. The molecule has 2 nitrogen and oxygen atoms in total. The SMILES string of the molecule is [2H]C(C)(C)c1ccnc(-c2ccc(-c3ccccc3)c3c2oc2cc(C([2H])(C)C)ccc23)c1. The van der Waals surface area contributed by atoms with E-state index in [9.17, 15) is 0 Å². The number of nitrogens with zero attached hydrogens (tertiary/aromatic N) is 1.